The number of rotatable bonds is 5. The van der Waals surface area contributed by atoms with Gasteiger partial charge in [-0.05, 0) is 24.6 Å². The highest BCUT2D eigenvalue weighted by Crippen LogP contribution is 2.40. The first-order valence-corrected chi connectivity index (χ1v) is 8.73. The molecule has 0 saturated carbocycles. The zero-order chi connectivity index (χ0) is 17.8. The van der Waals surface area contributed by atoms with Crippen molar-refractivity contribution in [3.63, 3.8) is 0 Å². The Hall–Kier alpha value is -2.66. The molecule has 0 saturated heterocycles. The standard InChI is InChI=1S/C17H16N2O5S/c1-2-22-16(21)8-25-17-12(7-18)11(6-15(20)19-17)10-3-4-13-14(5-10)24-9-23-13/h3-5,11H,2,6,8-9H2,1H3,(H,19,20)/t11-/m0/s1. The Bertz CT molecular complexity index is 784. The van der Waals surface area contributed by atoms with Gasteiger partial charge in [0.2, 0.25) is 12.7 Å². The average molecular weight is 360 g/mol. The quantitative estimate of drug-likeness (QED) is 0.803. The van der Waals surface area contributed by atoms with Gasteiger partial charge in [0.05, 0.1) is 29.0 Å². The van der Waals surface area contributed by atoms with Gasteiger partial charge in [0.15, 0.2) is 11.5 Å². The number of esters is 1. The van der Waals surface area contributed by atoms with Gasteiger partial charge in [-0.2, -0.15) is 5.26 Å². The molecule has 0 spiro atoms. The van der Waals surface area contributed by atoms with Crippen LogP contribution in [0.15, 0.2) is 28.8 Å². The van der Waals surface area contributed by atoms with Crippen LogP contribution in [0.5, 0.6) is 11.5 Å². The van der Waals surface area contributed by atoms with Gasteiger partial charge >= 0.3 is 5.97 Å². The Morgan fingerprint density at radius 2 is 2.24 bits per heavy atom. The van der Waals surface area contributed by atoms with Crippen LogP contribution in [0.25, 0.3) is 0 Å². The van der Waals surface area contributed by atoms with Gasteiger partial charge in [-0.25, -0.2) is 0 Å². The lowest BCUT2D eigenvalue weighted by Crippen LogP contribution is -2.31. The number of benzene rings is 1. The predicted octanol–water partition coefficient (Wildman–Crippen LogP) is 2.05. The minimum Gasteiger partial charge on any atom is -0.465 e. The summed E-state index contributed by atoms with van der Waals surface area (Å²) in [5, 5.41) is 12.7. The molecule has 0 bridgehead atoms. The number of hydrogen-bond acceptors (Lipinski definition) is 7. The zero-order valence-electron chi connectivity index (χ0n) is 13.5. The zero-order valence-corrected chi connectivity index (χ0v) is 14.4. The van der Waals surface area contributed by atoms with Gasteiger partial charge in [0, 0.05) is 12.3 Å². The lowest BCUT2D eigenvalue weighted by Gasteiger charge is -2.25. The van der Waals surface area contributed by atoms with Crippen LogP contribution < -0.4 is 14.8 Å². The van der Waals surface area contributed by atoms with Crippen molar-refractivity contribution >= 4 is 23.6 Å². The smallest absolute Gasteiger partial charge is 0.316 e. The molecule has 0 aliphatic carbocycles. The van der Waals surface area contributed by atoms with Crippen LogP contribution in [0.3, 0.4) is 0 Å². The van der Waals surface area contributed by atoms with Crippen molar-refractivity contribution in [2.45, 2.75) is 19.3 Å². The van der Waals surface area contributed by atoms with Crippen LogP contribution in [0.1, 0.15) is 24.8 Å². The van der Waals surface area contributed by atoms with Crippen molar-refractivity contribution in [2.24, 2.45) is 0 Å². The van der Waals surface area contributed by atoms with E-state index in [9.17, 15) is 14.9 Å². The number of nitriles is 1. The Morgan fingerprint density at radius 1 is 1.44 bits per heavy atom. The molecule has 0 unspecified atom stereocenters. The largest absolute Gasteiger partial charge is 0.465 e. The Labute approximate surface area is 148 Å². The summed E-state index contributed by atoms with van der Waals surface area (Å²) in [6, 6.07) is 7.54. The molecule has 1 atom stereocenters. The van der Waals surface area contributed by atoms with Crippen LogP contribution in [0, 0.1) is 11.3 Å². The van der Waals surface area contributed by atoms with Gasteiger partial charge in [-0.1, -0.05) is 17.8 Å². The molecule has 1 N–H and O–H groups in total. The van der Waals surface area contributed by atoms with Crippen LogP contribution in [-0.2, 0) is 14.3 Å². The minimum absolute atomic E-state index is 0.0303. The third kappa shape index (κ3) is 3.72. The molecule has 130 valence electrons. The number of nitrogens with one attached hydrogen (secondary N) is 1. The molecule has 0 radical (unpaired) electrons. The monoisotopic (exact) mass is 360 g/mol. The van der Waals surface area contributed by atoms with E-state index in [2.05, 4.69) is 11.4 Å². The van der Waals surface area contributed by atoms with Gasteiger partial charge in [-0.3, -0.25) is 9.59 Å². The normalized spacial score (nSPS) is 18.6. The number of thioether (sulfide) groups is 1. The molecule has 3 rings (SSSR count). The fourth-order valence-corrected chi connectivity index (χ4v) is 3.56. The summed E-state index contributed by atoms with van der Waals surface area (Å²) in [7, 11) is 0. The lowest BCUT2D eigenvalue weighted by molar-refractivity contribution is -0.139. The van der Waals surface area contributed by atoms with Crippen LogP contribution in [-0.4, -0.2) is 31.0 Å². The Morgan fingerprint density at radius 3 is 3.00 bits per heavy atom. The third-order valence-corrected chi connectivity index (χ3v) is 4.79. The number of nitrogens with zero attached hydrogens (tertiary/aromatic N) is 1. The fraction of sp³-hybridized carbons (Fsp3) is 0.353. The van der Waals surface area contributed by atoms with Crippen molar-refractivity contribution in [3.8, 4) is 17.6 Å². The van der Waals surface area contributed by atoms with E-state index in [0.717, 1.165) is 17.3 Å². The lowest BCUT2D eigenvalue weighted by atomic mass is 9.87. The van der Waals surface area contributed by atoms with E-state index in [4.69, 9.17) is 14.2 Å². The highest BCUT2D eigenvalue weighted by atomic mass is 32.2. The van der Waals surface area contributed by atoms with E-state index in [-0.39, 0.29) is 31.5 Å². The minimum atomic E-state index is -0.392. The number of fused-ring (bicyclic) bond motifs is 1. The highest BCUT2D eigenvalue weighted by molar-refractivity contribution is 8.03. The number of carbonyl (C=O) groups excluding carboxylic acids is 2. The van der Waals surface area contributed by atoms with E-state index in [1.807, 2.05) is 6.07 Å². The topological polar surface area (TPSA) is 97.7 Å². The summed E-state index contributed by atoms with van der Waals surface area (Å²) in [5.74, 6) is 0.287. The second-order valence-electron chi connectivity index (χ2n) is 5.37. The number of allylic oxidation sites excluding steroid dienone is 1. The molecule has 8 heteroatoms. The maximum Gasteiger partial charge on any atom is 0.316 e. The molecular formula is C17H16N2O5S. The molecule has 1 aromatic rings. The summed E-state index contributed by atoms with van der Waals surface area (Å²) < 4.78 is 15.5. The maximum atomic E-state index is 12.1. The summed E-state index contributed by atoms with van der Waals surface area (Å²) in [5.41, 5.74) is 1.22. The van der Waals surface area contributed by atoms with Gasteiger partial charge in [0.25, 0.3) is 0 Å². The second kappa shape index (κ2) is 7.49. The van der Waals surface area contributed by atoms with Crippen LogP contribution >= 0.6 is 11.8 Å². The molecular weight excluding hydrogens is 344 g/mol. The van der Waals surface area contributed by atoms with E-state index in [1.54, 1.807) is 19.1 Å². The molecule has 2 aliphatic heterocycles. The summed E-state index contributed by atoms with van der Waals surface area (Å²) in [6.45, 7) is 2.17. The Kier molecular flexibility index (Phi) is 5.14. The van der Waals surface area contributed by atoms with Crippen molar-refractivity contribution in [3.05, 3.63) is 34.4 Å². The van der Waals surface area contributed by atoms with Crippen LogP contribution in [0.4, 0.5) is 0 Å². The van der Waals surface area contributed by atoms with Crippen molar-refractivity contribution in [1.82, 2.24) is 5.32 Å². The summed E-state index contributed by atoms with van der Waals surface area (Å²) in [4.78, 5) is 23.6. The van der Waals surface area contributed by atoms with Crippen molar-refractivity contribution < 1.29 is 23.8 Å². The first kappa shape index (κ1) is 17.2. The van der Waals surface area contributed by atoms with Crippen LogP contribution in [0.2, 0.25) is 0 Å². The van der Waals surface area contributed by atoms with Gasteiger partial charge in [0.1, 0.15) is 0 Å². The number of hydrogen-bond donors (Lipinski definition) is 1. The first-order chi connectivity index (χ1) is 12.1. The SMILES string of the molecule is CCOC(=O)CSC1=C(C#N)[C@H](c2ccc3c(c2)OCO3)CC(=O)N1. The third-order valence-electron chi connectivity index (χ3n) is 3.79. The second-order valence-corrected chi connectivity index (χ2v) is 6.35. The number of amides is 1. The van der Waals surface area contributed by atoms with Crippen molar-refractivity contribution in [2.75, 3.05) is 19.2 Å². The predicted molar refractivity (Wildman–Crippen MR) is 89.8 cm³/mol. The highest BCUT2D eigenvalue weighted by Gasteiger charge is 2.31. The molecule has 0 aromatic heterocycles. The summed E-state index contributed by atoms with van der Waals surface area (Å²) >= 11 is 1.10. The molecule has 0 fully saturated rings. The van der Waals surface area contributed by atoms with E-state index in [1.165, 1.54) is 0 Å². The molecule has 1 aromatic carbocycles. The summed E-state index contributed by atoms with van der Waals surface area (Å²) in [6.07, 6.45) is 0.159. The van der Waals surface area contributed by atoms with Crippen molar-refractivity contribution in [1.29, 1.82) is 5.26 Å². The van der Waals surface area contributed by atoms with Gasteiger partial charge in [-0.15, -0.1) is 0 Å². The molecule has 7 nitrogen and oxygen atoms in total. The molecule has 2 aliphatic rings. The molecule has 25 heavy (non-hydrogen) atoms. The molecule has 2 heterocycles. The average Bonchev–Trinajstić information content (AvgIpc) is 3.07. The van der Waals surface area contributed by atoms with E-state index in [0.29, 0.717) is 22.1 Å². The number of carbonyl (C=O) groups is 2. The fourth-order valence-electron chi connectivity index (χ4n) is 2.68. The van der Waals surface area contributed by atoms with Gasteiger partial charge < -0.3 is 19.5 Å². The maximum absolute atomic E-state index is 12.1. The van der Waals surface area contributed by atoms with E-state index >= 15 is 0 Å². The first-order valence-electron chi connectivity index (χ1n) is 7.74. The van der Waals surface area contributed by atoms with E-state index < -0.39 is 11.9 Å². The Balaban J connectivity index is 1.87. The number of ether oxygens (including phenoxy) is 3. The molecule has 1 amide bonds.